The minimum Gasteiger partial charge on any atom is -0.439 e. The van der Waals surface area contributed by atoms with Crippen LogP contribution in [-0.2, 0) is 0 Å². The van der Waals surface area contributed by atoms with Crippen LogP contribution in [0.25, 0.3) is 0 Å². The number of amidine groups is 1. The average Bonchev–Trinajstić information content (AvgIpc) is 2.48. The summed E-state index contributed by atoms with van der Waals surface area (Å²) in [6.07, 6.45) is 0. The number of oxime groups is 1. The van der Waals surface area contributed by atoms with E-state index in [1.54, 1.807) is 24.3 Å². The van der Waals surface area contributed by atoms with Crippen molar-refractivity contribution in [2.45, 2.75) is 0 Å². The molecule has 0 fully saturated rings. The van der Waals surface area contributed by atoms with Crippen molar-refractivity contribution in [1.29, 1.82) is 0 Å². The molecule has 9 heteroatoms. The molecule has 108 valence electrons. The summed E-state index contributed by atoms with van der Waals surface area (Å²) in [6.45, 7) is 0. The molecule has 0 saturated carbocycles. The number of hydrogen-bond donors (Lipinski definition) is 2. The Labute approximate surface area is 123 Å². The van der Waals surface area contributed by atoms with Gasteiger partial charge >= 0.3 is 0 Å². The quantitative estimate of drug-likeness (QED) is 0.294. The van der Waals surface area contributed by atoms with Gasteiger partial charge in [0.25, 0.3) is 5.69 Å². The Hall–Kier alpha value is -2.87. The summed E-state index contributed by atoms with van der Waals surface area (Å²) in [5.41, 5.74) is 4.70. The molecule has 1 heterocycles. The molecule has 21 heavy (non-hydrogen) atoms. The fraction of sp³-hybridized carbons (Fsp3) is 0. The molecule has 8 nitrogen and oxygen atoms in total. The number of rotatable bonds is 4. The molecule has 0 aliphatic rings. The van der Waals surface area contributed by atoms with Crippen molar-refractivity contribution in [3.05, 3.63) is 57.2 Å². The lowest BCUT2D eigenvalue weighted by atomic mass is 10.3. The molecule has 0 amide bonds. The van der Waals surface area contributed by atoms with Crippen LogP contribution in [0.2, 0.25) is 5.02 Å². The third-order valence-electron chi connectivity index (χ3n) is 2.43. The molecule has 3 N–H and O–H groups in total. The number of aromatic nitrogens is 1. The van der Waals surface area contributed by atoms with Gasteiger partial charge in [-0.3, -0.25) is 10.1 Å². The molecule has 0 aliphatic heterocycles. The van der Waals surface area contributed by atoms with Gasteiger partial charge in [-0.2, -0.15) is 0 Å². The average molecular weight is 309 g/mol. The van der Waals surface area contributed by atoms with Gasteiger partial charge < -0.3 is 15.7 Å². The summed E-state index contributed by atoms with van der Waals surface area (Å²) in [6, 6.07) is 8.91. The van der Waals surface area contributed by atoms with E-state index in [1.165, 1.54) is 6.07 Å². The van der Waals surface area contributed by atoms with E-state index < -0.39 is 16.4 Å². The molecule has 0 atom stereocenters. The highest BCUT2D eigenvalue weighted by atomic mass is 35.5. The Kier molecular flexibility index (Phi) is 4.19. The zero-order valence-corrected chi connectivity index (χ0v) is 11.2. The van der Waals surface area contributed by atoms with Crippen LogP contribution >= 0.6 is 11.6 Å². The SMILES string of the molecule is N/C(=N/O)c1nc(Oc2ccc(Cl)cc2)ccc1[N+](=O)[O-]. The monoisotopic (exact) mass is 308 g/mol. The van der Waals surface area contributed by atoms with Crippen molar-refractivity contribution in [1.82, 2.24) is 4.98 Å². The smallest absolute Gasteiger partial charge is 0.299 e. The van der Waals surface area contributed by atoms with Gasteiger partial charge in [-0.05, 0) is 24.3 Å². The van der Waals surface area contributed by atoms with E-state index in [-0.39, 0.29) is 11.6 Å². The maximum atomic E-state index is 10.9. The van der Waals surface area contributed by atoms with Crippen molar-refractivity contribution >= 4 is 23.1 Å². The summed E-state index contributed by atoms with van der Waals surface area (Å²) >= 11 is 5.75. The van der Waals surface area contributed by atoms with Crippen molar-refractivity contribution in [3.8, 4) is 11.6 Å². The number of halogens is 1. The summed E-state index contributed by atoms with van der Waals surface area (Å²) in [5.74, 6) is 0.0130. The number of nitrogens with two attached hydrogens (primary N) is 1. The van der Waals surface area contributed by atoms with E-state index in [1.807, 2.05) is 0 Å². The topological polar surface area (TPSA) is 124 Å². The molecule has 0 saturated heterocycles. The molecule has 0 radical (unpaired) electrons. The van der Waals surface area contributed by atoms with Gasteiger partial charge in [0.15, 0.2) is 11.5 Å². The highest BCUT2D eigenvalue weighted by Crippen LogP contribution is 2.25. The van der Waals surface area contributed by atoms with Gasteiger partial charge in [0, 0.05) is 17.2 Å². The van der Waals surface area contributed by atoms with Crippen molar-refractivity contribution in [3.63, 3.8) is 0 Å². The number of pyridine rings is 1. The van der Waals surface area contributed by atoms with Gasteiger partial charge in [0.1, 0.15) is 5.75 Å². The highest BCUT2D eigenvalue weighted by Gasteiger charge is 2.20. The lowest BCUT2D eigenvalue weighted by molar-refractivity contribution is -0.385. The van der Waals surface area contributed by atoms with Gasteiger partial charge in [0.2, 0.25) is 5.88 Å². The number of hydrogen-bond acceptors (Lipinski definition) is 6. The van der Waals surface area contributed by atoms with Crippen LogP contribution in [0.1, 0.15) is 5.69 Å². The number of nitrogens with zero attached hydrogens (tertiary/aromatic N) is 3. The van der Waals surface area contributed by atoms with Crippen molar-refractivity contribution < 1.29 is 14.9 Å². The van der Waals surface area contributed by atoms with Crippen LogP contribution < -0.4 is 10.5 Å². The van der Waals surface area contributed by atoms with Gasteiger partial charge in [0.05, 0.1) is 4.92 Å². The van der Waals surface area contributed by atoms with E-state index in [2.05, 4.69) is 10.1 Å². The van der Waals surface area contributed by atoms with Gasteiger partial charge in [-0.15, -0.1) is 0 Å². The Morgan fingerprint density at radius 3 is 2.57 bits per heavy atom. The first-order valence-electron chi connectivity index (χ1n) is 5.58. The van der Waals surface area contributed by atoms with E-state index in [0.29, 0.717) is 10.8 Å². The largest absolute Gasteiger partial charge is 0.439 e. The molecule has 0 bridgehead atoms. The summed E-state index contributed by atoms with van der Waals surface area (Å²) < 4.78 is 5.42. The second kappa shape index (κ2) is 6.06. The molecular weight excluding hydrogens is 300 g/mol. The predicted molar refractivity (Wildman–Crippen MR) is 74.9 cm³/mol. The molecule has 0 aliphatic carbocycles. The first-order valence-corrected chi connectivity index (χ1v) is 5.96. The number of benzene rings is 1. The van der Waals surface area contributed by atoms with Crippen LogP contribution in [0, 0.1) is 10.1 Å². The molecule has 1 aromatic carbocycles. The molecule has 1 aromatic heterocycles. The second-order valence-electron chi connectivity index (χ2n) is 3.82. The third-order valence-corrected chi connectivity index (χ3v) is 2.68. The summed E-state index contributed by atoms with van der Waals surface area (Å²) in [4.78, 5) is 14.0. The zero-order chi connectivity index (χ0) is 15.4. The molecule has 0 spiro atoms. The number of ether oxygens (including phenoxy) is 1. The van der Waals surface area contributed by atoms with Crippen LogP contribution in [0.4, 0.5) is 5.69 Å². The van der Waals surface area contributed by atoms with Crippen LogP contribution in [0.15, 0.2) is 41.6 Å². The third kappa shape index (κ3) is 3.37. The summed E-state index contributed by atoms with van der Waals surface area (Å²) in [5, 5.41) is 22.8. The lowest BCUT2D eigenvalue weighted by Gasteiger charge is -2.06. The van der Waals surface area contributed by atoms with Crippen molar-refractivity contribution in [2.75, 3.05) is 0 Å². The van der Waals surface area contributed by atoms with E-state index in [4.69, 9.17) is 27.3 Å². The van der Waals surface area contributed by atoms with Crippen molar-refractivity contribution in [2.24, 2.45) is 10.9 Å². The van der Waals surface area contributed by atoms with Gasteiger partial charge in [-0.25, -0.2) is 4.98 Å². The fourth-order valence-electron chi connectivity index (χ4n) is 1.50. The van der Waals surface area contributed by atoms with Crippen LogP contribution in [0.5, 0.6) is 11.6 Å². The molecular formula is C12H9ClN4O4. The van der Waals surface area contributed by atoms with Crippen LogP contribution in [0.3, 0.4) is 0 Å². The van der Waals surface area contributed by atoms with Crippen LogP contribution in [-0.4, -0.2) is 21.0 Å². The maximum Gasteiger partial charge on any atom is 0.299 e. The molecule has 2 aromatic rings. The minimum absolute atomic E-state index is 0.0597. The zero-order valence-electron chi connectivity index (χ0n) is 10.4. The maximum absolute atomic E-state index is 10.9. The Morgan fingerprint density at radius 1 is 1.33 bits per heavy atom. The first-order chi connectivity index (χ1) is 10.0. The predicted octanol–water partition coefficient (Wildman–Crippen LogP) is 2.53. The molecule has 0 unspecified atom stereocenters. The Morgan fingerprint density at radius 2 is 2.00 bits per heavy atom. The normalized spacial score (nSPS) is 11.2. The van der Waals surface area contributed by atoms with Gasteiger partial charge in [-0.1, -0.05) is 16.8 Å². The second-order valence-corrected chi connectivity index (χ2v) is 4.25. The Balaban J connectivity index is 2.37. The van der Waals surface area contributed by atoms with E-state index in [0.717, 1.165) is 6.07 Å². The molecule has 2 rings (SSSR count). The first kappa shape index (κ1) is 14.5. The lowest BCUT2D eigenvalue weighted by Crippen LogP contribution is -2.17. The van der Waals surface area contributed by atoms with E-state index in [9.17, 15) is 10.1 Å². The number of nitro groups is 1. The van der Waals surface area contributed by atoms with E-state index >= 15 is 0 Å². The summed E-state index contributed by atoms with van der Waals surface area (Å²) in [7, 11) is 0. The fourth-order valence-corrected chi connectivity index (χ4v) is 1.62. The Bertz CT molecular complexity index is 703. The standard InChI is InChI=1S/C12H9ClN4O4/c13-7-1-3-8(4-2-7)21-10-6-5-9(17(19)20)11(15-10)12(14)16-18/h1-6,18H,(H2,14,16). The minimum atomic E-state index is -0.688. The highest BCUT2D eigenvalue weighted by molar-refractivity contribution is 6.30.